The van der Waals surface area contributed by atoms with Gasteiger partial charge in [0.2, 0.25) is 0 Å². The lowest BCUT2D eigenvalue weighted by Gasteiger charge is -2.05. The molecule has 0 saturated heterocycles. The average Bonchev–Trinajstić information content (AvgIpc) is 3.08. The molecule has 122 valence electrons. The number of amides is 1. The number of methoxy groups -OCH3 is 1. The Balaban J connectivity index is 1.79. The molecular formula is C18H13Cl2NO3. The van der Waals surface area contributed by atoms with Gasteiger partial charge in [0, 0.05) is 11.3 Å². The molecule has 0 aliphatic carbocycles. The van der Waals surface area contributed by atoms with Crippen molar-refractivity contribution in [2.75, 3.05) is 12.4 Å². The summed E-state index contributed by atoms with van der Waals surface area (Å²) >= 11 is 12.2. The quantitative estimate of drug-likeness (QED) is 0.665. The van der Waals surface area contributed by atoms with Crippen molar-refractivity contribution in [3.8, 4) is 17.1 Å². The summed E-state index contributed by atoms with van der Waals surface area (Å²) in [5.41, 5.74) is 1.27. The van der Waals surface area contributed by atoms with E-state index in [4.69, 9.17) is 32.4 Å². The maximum atomic E-state index is 12.3. The number of benzene rings is 2. The Labute approximate surface area is 149 Å². The van der Waals surface area contributed by atoms with Crippen LogP contribution in [0.25, 0.3) is 11.3 Å². The standard InChI is InChI=1S/C18H13Cl2NO3/c1-23-12-7-5-11(6-8-12)21-18(22)16-10-9-15(24-16)13-3-2-4-14(19)17(13)20/h2-10H,1H3,(H,21,22). The van der Waals surface area contributed by atoms with Gasteiger partial charge in [-0.2, -0.15) is 0 Å². The first kappa shape index (κ1) is 16.4. The second-order valence-corrected chi connectivity index (χ2v) is 5.73. The van der Waals surface area contributed by atoms with E-state index in [1.165, 1.54) is 0 Å². The van der Waals surface area contributed by atoms with Gasteiger partial charge in [-0.05, 0) is 48.5 Å². The first-order chi connectivity index (χ1) is 11.6. The highest BCUT2D eigenvalue weighted by Crippen LogP contribution is 2.34. The number of hydrogen-bond donors (Lipinski definition) is 1. The van der Waals surface area contributed by atoms with E-state index >= 15 is 0 Å². The fourth-order valence-corrected chi connectivity index (χ4v) is 2.56. The molecule has 0 radical (unpaired) electrons. The van der Waals surface area contributed by atoms with Gasteiger partial charge in [0.05, 0.1) is 17.2 Å². The lowest BCUT2D eigenvalue weighted by molar-refractivity contribution is 0.0997. The van der Waals surface area contributed by atoms with E-state index in [1.54, 1.807) is 61.7 Å². The minimum absolute atomic E-state index is 0.178. The Kier molecular flexibility index (Phi) is 4.79. The third-order valence-corrected chi connectivity index (χ3v) is 4.21. The molecule has 1 heterocycles. The normalized spacial score (nSPS) is 10.5. The topological polar surface area (TPSA) is 51.5 Å². The van der Waals surface area contributed by atoms with E-state index in [9.17, 15) is 4.79 Å². The fraction of sp³-hybridized carbons (Fsp3) is 0.0556. The van der Waals surface area contributed by atoms with Gasteiger partial charge in [0.25, 0.3) is 5.91 Å². The largest absolute Gasteiger partial charge is 0.497 e. The lowest BCUT2D eigenvalue weighted by Crippen LogP contribution is -2.10. The monoisotopic (exact) mass is 361 g/mol. The predicted molar refractivity (Wildman–Crippen MR) is 95.1 cm³/mol. The van der Waals surface area contributed by atoms with E-state index < -0.39 is 0 Å². The molecule has 2 aromatic carbocycles. The predicted octanol–water partition coefficient (Wildman–Crippen LogP) is 5.51. The summed E-state index contributed by atoms with van der Waals surface area (Å²) in [5.74, 6) is 1.01. The maximum Gasteiger partial charge on any atom is 0.291 e. The number of nitrogens with one attached hydrogen (secondary N) is 1. The number of rotatable bonds is 4. The molecule has 0 atom stereocenters. The summed E-state index contributed by atoms with van der Waals surface area (Å²) in [5, 5.41) is 3.56. The summed E-state index contributed by atoms with van der Waals surface area (Å²) < 4.78 is 10.7. The van der Waals surface area contributed by atoms with Crippen LogP contribution in [0.3, 0.4) is 0 Å². The van der Waals surface area contributed by atoms with Crippen molar-refractivity contribution in [3.63, 3.8) is 0 Å². The van der Waals surface area contributed by atoms with Gasteiger partial charge in [-0.25, -0.2) is 0 Å². The number of hydrogen-bond acceptors (Lipinski definition) is 3. The van der Waals surface area contributed by atoms with Crippen LogP contribution in [0.5, 0.6) is 5.75 Å². The molecule has 1 amide bonds. The molecule has 0 bridgehead atoms. The van der Waals surface area contributed by atoms with E-state index in [2.05, 4.69) is 5.32 Å². The van der Waals surface area contributed by atoms with Crippen molar-refractivity contribution >= 4 is 34.8 Å². The maximum absolute atomic E-state index is 12.3. The van der Waals surface area contributed by atoms with Crippen LogP contribution < -0.4 is 10.1 Å². The molecule has 24 heavy (non-hydrogen) atoms. The minimum atomic E-state index is -0.357. The van der Waals surface area contributed by atoms with Gasteiger partial charge in [0.15, 0.2) is 5.76 Å². The van der Waals surface area contributed by atoms with Crippen LogP contribution in [0.4, 0.5) is 5.69 Å². The number of ether oxygens (including phenoxy) is 1. The number of anilines is 1. The van der Waals surface area contributed by atoms with Crippen molar-refractivity contribution in [2.24, 2.45) is 0 Å². The fourth-order valence-electron chi connectivity index (χ4n) is 2.17. The van der Waals surface area contributed by atoms with Gasteiger partial charge in [-0.15, -0.1) is 0 Å². The van der Waals surface area contributed by atoms with Crippen LogP contribution in [0, 0.1) is 0 Å². The van der Waals surface area contributed by atoms with Gasteiger partial charge in [0.1, 0.15) is 11.5 Å². The third-order valence-electron chi connectivity index (χ3n) is 3.39. The molecule has 0 unspecified atom stereocenters. The molecule has 1 aromatic heterocycles. The van der Waals surface area contributed by atoms with Gasteiger partial charge >= 0.3 is 0 Å². The number of halogens is 2. The molecule has 1 N–H and O–H groups in total. The van der Waals surface area contributed by atoms with Gasteiger partial charge in [-0.1, -0.05) is 29.3 Å². The summed E-state index contributed by atoms with van der Waals surface area (Å²) in [4.78, 5) is 12.3. The zero-order chi connectivity index (χ0) is 17.1. The van der Waals surface area contributed by atoms with Crippen LogP contribution in [0.1, 0.15) is 10.6 Å². The van der Waals surface area contributed by atoms with Crippen molar-refractivity contribution in [3.05, 3.63) is 70.4 Å². The Morgan fingerprint density at radius 1 is 1.04 bits per heavy atom. The van der Waals surface area contributed by atoms with Crippen LogP contribution in [-0.4, -0.2) is 13.0 Å². The summed E-state index contributed by atoms with van der Waals surface area (Å²) in [6.45, 7) is 0. The molecule has 0 fully saturated rings. The van der Waals surface area contributed by atoms with Crippen LogP contribution in [-0.2, 0) is 0 Å². The van der Waals surface area contributed by atoms with Gasteiger partial charge in [-0.3, -0.25) is 4.79 Å². The van der Waals surface area contributed by atoms with Crippen LogP contribution in [0.2, 0.25) is 10.0 Å². The summed E-state index contributed by atoms with van der Waals surface area (Å²) in [7, 11) is 1.58. The second-order valence-electron chi connectivity index (χ2n) is 4.95. The molecule has 4 nitrogen and oxygen atoms in total. The highest BCUT2D eigenvalue weighted by molar-refractivity contribution is 6.43. The highest BCUT2D eigenvalue weighted by Gasteiger charge is 2.15. The lowest BCUT2D eigenvalue weighted by atomic mass is 10.2. The van der Waals surface area contributed by atoms with E-state index in [0.29, 0.717) is 32.8 Å². The van der Waals surface area contributed by atoms with Gasteiger partial charge < -0.3 is 14.5 Å². The zero-order valence-electron chi connectivity index (χ0n) is 12.7. The summed E-state index contributed by atoms with van der Waals surface area (Å²) in [6, 6.07) is 15.5. The number of carbonyl (C=O) groups excluding carboxylic acids is 1. The van der Waals surface area contributed by atoms with Crippen molar-refractivity contribution in [1.29, 1.82) is 0 Å². The molecule has 0 aliphatic rings. The molecule has 3 rings (SSSR count). The SMILES string of the molecule is COc1ccc(NC(=O)c2ccc(-c3cccc(Cl)c3Cl)o2)cc1. The number of carbonyl (C=O) groups is 1. The zero-order valence-corrected chi connectivity index (χ0v) is 14.2. The van der Waals surface area contributed by atoms with E-state index in [-0.39, 0.29) is 11.7 Å². The number of furan rings is 1. The van der Waals surface area contributed by atoms with Crippen molar-refractivity contribution < 1.29 is 13.9 Å². The Morgan fingerprint density at radius 2 is 1.79 bits per heavy atom. The first-order valence-electron chi connectivity index (χ1n) is 7.08. The molecule has 6 heteroatoms. The molecule has 0 saturated carbocycles. The van der Waals surface area contributed by atoms with Crippen molar-refractivity contribution in [2.45, 2.75) is 0 Å². The smallest absolute Gasteiger partial charge is 0.291 e. The second kappa shape index (κ2) is 6.99. The Morgan fingerprint density at radius 3 is 2.50 bits per heavy atom. The van der Waals surface area contributed by atoms with E-state index in [0.717, 1.165) is 0 Å². The Hall–Kier alpha value is -2.43. The average molecular weight is 362 g/mol. The molecule has 0 aliphatic heterocycles. The molecule has 3 aromatic rings. The minimum Gasteiger partial charge on any atom is -0.497 e. The van der Waals surface area contributed by atoms with Crippen LogP contribution in [0.15, 0.2) is 59.0 Å². The summed E-state index contributed by atoms with van der Waals surface area (Å²) in [6.07, 6.45) is 0. The first-order valence-corrected chi connectivity index (χ1v) is 7.83. The van der Waals surface area contributed by atoms with Crippen molar-refractivity contribution in [1.82, 2.24) is 0 Å². The molecular weight excluding hydrogens is 349 g/mol. The third kappa shape index (κ3) is 3.40. The van der Waals surface area contributed by atoms with E-state index in [1.807, 2.05) is 0 Å². The highest BCUT2D eigenvalue weighted by atomic mass is 35.5. The van der Waals surface area contributed by atoms with Crippen LogP contribution >= 0.6 is 23.2 Å². The molecule has 0 spiro atoms. The Bertz CT molecular complexity index is 872.